The van der Waals surface area contributed by atoms with Gasteiger partial charge in [0.05, 0.1) is 28.3 Å². The first kappa shape index (κ1) is 19.9. The summed E-state index contributed by atoms with van der Waals surface area (Å²) in [4.78, 5) is 35.8. The Morgan fingerprint density at radius 3 is 2.33 bits per heavy atom. The summed E-state index contributed by atoms with van der Waals surface area (Å²) >= 11 is 0. The highest BCUT2D eigenvalue weighted by Gasteiger charge is 2.29. The van der Waals surface area contributed by atoms with Crippen LogP contribution < -0.4 is 0 Å². The molecular formula is C23H22FN3O3. The van der Waals surface area contributed by atoms with Gasteiger partial charge in [0, 0.05) is 18.7 Å². The number of carbonyl (C=O) groups excluding carboxylic acids is 2. The number of fused-ring (bicyclic) bond motifs is 1. The standard InChI is InChI=1S/C23H22FN3O3/c1-15-21(26-20-5-3-2-4-19(20)25-15)14-30-23(29)17-10-12-27(13-11-17)22(28)16-6-8-18(24)9-7-16/h2-9,17H,10-14H2,1H3. The summed E-state index contributed by atoms with van der Waals surface area (Å²) in [6, 6.07) is 13.1. The van der Waals surface area contributed by atoms with Gasteiger partial charge in [-0.05, 0) is 56.2 Å². The number of carbonyl (C=O) groups is 2. The number of hydrogen-bond donors (Lipinski definition) is 0. The molecule has 0 unspecified atom stereocenters. The molecule has 1 aromatic heterocycles. The first-order valence-electron chi connectivity index (χ1n) is 9.95. The van der Waals surface area contributed by atoms with Gasteiger partial charge < -0.3 is 9.64 Å². The molecule has 6 nitrogen and oxygen atoms in total. The van der Waals surface area contributed by atoms with Gasteiger partial charge in [-0.15, -0.1) is 0 Å². The summed E-state index contributed by atoms with van der Waals surface area (Å²) < 4.78 is 18.5. The summed E-state index contributed by atoms with van der Waals surface area (Å²) in [6.07, 6.45) is 1.07. The fraction of sp³-hybridized carbons (Fsp3) is 0.304. The fourth-order valence-corrected chi connectivity index (χ4v) is 3.61. The second-order valence-corrected chi connectivity index (χ2v) is 7.43. The van der Waals surface area contributed by atoms with E-state index in [-0.39, 0.29) is 30.2 Å². The number of aromatic nitrogens is 2. The third-order valence-electron chi connectivity index (χ3n) is 5.40. The molecule has 3 aromatic rings. The first-order chi connectivity index (χ1) is 14.5. The zero-order valence-electron chi connectivity index (χ0n) is 16.7. The number of likely N-dealkylation sites (tertiary alicyclic amines) is 1. The second kappa shape index (κ2) is 8.57. The van der Waals surface area contributed by atoms with Crippen molar-refractivity contribution in [2.45, 2.75) is 26.4 Å². The Bertz CT molecular complexity index is 1080. The average molecular weight is 407 g/mol. The molecule has 1 aliphatic rings. The van der Waals surface area contributed by atoms with Crippen molar-refractivity contribution in [2.24, 2.45) is 5.92 Å². The van der Waals surface area contributed by atoms with E-state index in [4.69, 9.17) is 4.74 Å². The highest BCUT2D eigenvalue weighted by molar-refractivity contribution is 5.94. The van der Waals surface area contributed by atoms with Crippen LogP contribution in [0.1, 0.15) is 34.6 Å². The van der Waals surface area contributed by atoms with Crippen LogP contribution in [0, 0.1) is 18.7 Å². The maximum atomic E-state index is 13.0. The van der Waals surface area contributed by atoms with Crippen LogP contribution in [-0.4, -0.2) is 39.8 Å². The number of aryl methyl sites for hydroxylation is 1. The second-order valence-electron chi connectivity index (χ2n) is 7.43. The number of halogens is 1. The number of piperidine rings is 1. The Morgan fingerprint density at radius 2 is 1.67 bits per heavy atom. The number of amides is 1. The minimum absolute atomic E-state index is 0.0806. The van der Waals surface area contributed by atoms with E-state index in [9.17, 15) is 14.0 Å². The van der Waals surface area contributed by atoms with Crippen LogP contribution in [0.4, 0.5) is 4.39 Å². The molecule has 4 rings (SSSR count). The molecule has 0 radical (unpaired) electrons. The summed E-state index contributed by atoms with van der Waals surface area (Å²) in [5.41, 5.74) is 3.40. The smallest absolute Gasteiger partial charge is 0.309 e. The lowest BCUT2D eigenvalue weighted by Crippen LogP contribution is -2.40. The van der Waals surface area contributed by atoms with E-state index < -0.39 is 0 Å². The molecule has 0 atom stereocenters. The minimum atomic E-state index is -0.376. The van der Waals surface area contributed by atoms with Crippen molar-refractivity contribution in [3.05, 3.63) is 71.3 Å². The van der Waals surface area contributed by atoms with Gasteiger partial charge in [-0.2, -0.15) is 0 Å². The first-order valence-corrected chi connectivity index (χ1v) is 9.95. The third kappa shape index (κ3) is 4.30. The molecule has 2 heterocycles. The predicted molar refractivity (Wildman–Crippen MR) is 109 cm³/mol. The van der Waals surface area contributed by atoms with Crippen LogP contribution in [0.25, 0.3) is 11.0 Å². The predicted octanol–water partition coefficient (Wildman–Crippen LogP) is 3.67. The van der Waals surface area contributed by atoms with Crippen molar-refractivity contribution < 1.29 is 18.7 Å². The molecule has 154 valence electrons. The van der Waals surface area contributed by atoms with E-state index in [1.165, 1.54) is 24.3 Å². The van der Waals surface area contributed by atoms with Gasteiger partial charge in [0.15, 0.2) is 0 Å². The van der Waals surface area contributed by atoms with Crippen LogP contribution in [0.15, 0.2) is 48.5 Å². The molecular weight excluding hydrogens is 385 g/mol. The highest BCUT2D eigenvalue weighted by Crippen LogP contribution is 2.21. The molecule has 1 amide bonds. The molecule has 0 spiro atoms. The molecule has 2 aromatic carbocycles. The van der Waals surface area contributed by atoms with Gasteiger partial charge in [-0.1, -0.05) is 12.1 Å². The Balaban J connectivity index is 1.32. The van der Waals surface area contributed by atoms with Crippen molar-refractivity contribution >= 4 is 22.9 Å². The van der Waals surface area contributed by atoms with E-state index in [1.54, 1.807) is 4.90 Å². The molecule has 1 fully saturated rings. The Labute approximate surface area is 173 Å². The van der Waals surface area contributed by atoms with Gasteiger partial charge >= 0.3 is 5.97 Å². The summed E-state index contributed by atoms with van der Waals surface area (Å²) in [6.45, 7) is 2.86. The lowest BCUT2D eigenvalue weighted by Gasteiger charge is -2.31. The minimum Gasteiger partial charge on any atom is -0.459 e. The van der Waals surface area contributed by atoms with Crippen molar-refractivity contribution in [2.75, 3.05) is 13.1 Å². The zero-order valence-corrected chi connectivity index (χ0v) is 16.7. The summed E-state index contributed by atoms with van der Waals surface area (Å²) in [5.74, 6) is -1.06. The van der Waals surface area contributed by atoms with Crippen LogP contribution in [-0.2, 0) is 16.1 Å². The molecule has 0 N–H and O–H groups in total. The molecule has 0 aliphatic carbocycles. The van der Waals surface area contributed by atoms with Crippen LogP contribution in [0.5, 0.6) is 0 Å². The Kier molecular flexibility index (Phi) is 5.70. The number of rotatable bonds is 4. The van der Waals surface area contributed by atoms with Gasteiger partial charge in [-0.25, -0.2) is 14.4 Å². The van der Waals surface area contributed by atoms with Crippen molar-refractivity contribution in [3.63, 3.8) is 0 Å². The SMILES string of the molecule is Cc1nc2ccccc2nc1COC(=O)C1CCN(C(=O)c2ccc(F)cc2)CC1. The van der Waals surface area contributed by atoms with Crippen molar-refractivity contribution in [1.29, 1.82) is 0 Å². The number of hydrogen-bond acceptors (Lipinski definition) is 5. The topological polar surface area (TPSA) is 72.4 Å². The van der Waals surface area contributed by atoms with Gasteiger partial charge in [0.25, 0.3) is 5.91 Å². The van der Waals surface area contributed by atoms with Gasteiger partial charge in [0.2, 0.25) is 0 Å². The van der Waals surface area contributed by atoms with E-state index in [1.807, 2.05) is 31.2 Å². The summed E-state index contributed by atoms with van der Waals surface area (Å²) in [5, 5.41) is 0. The molecule has 7 heteroatoms. The van der Waals surface area contributed by atoms with E-state index in [0.29, 0.717) is 37.2 Å². The quantitative estimate of drug-likeness (QED) is 0.617. The molecule has 0 bridgehead atoms. The Hall–Kier alpha value is -3.35. The zero-order chi connectivity index (χ0) is 21.1. The third-order valence-corrected chi connectivity index (χ3v) is 5.40. The monoisotopic (exact) mass is 407 g/mol. The highest BCUT2D eigenvalue weighted by atomic mass is 19.1. The maximum absolute atomic E-state index is 13.0. The number of nitrogens with zero attached hydrogens (tertiary/aromatic N) is 3. The lowest BCUT2D eigenvalue weighted by molar-refractivity contribution is -0.151. The normalized spacial score (nSPS) is 14.7. The largest absolute Gasteiger partial charge is 0.459 e. The van der Waals surface area contributed by atoms with Crippen LogP contribution >= 0.6 is 0 Å². The lowest BCUT2D eigenvalue weighted by atomic mass is 9.96. The van der Waals surface area contributed by atoms with E-state index in [0.717, 1.165) is 16.7 Å². The fourth-order valence-electron chi connectivity index (χ4n) is 3.61. The molecule has 0 saturated carbocycles. The molecule has 1 aliphatic heterocycles. The van der Waals surface area contributed by atoms with Crippen LogP contribution in [0.3, 0.4) is 0 Å². The number of para-hydroxylation sites is 2. The van der Waals surface area contributed by atoms with Crippen LogP contribution in [0.2, 0.25) is 0 Å². The average Bonchev–Trinajstić information content (AvgIpc) is 2.77. The number of benzene rings is 2. The van der Waals surface area contributed by atoms with Crippen molar-refractivity contribution in [3.8, 4) is 0 Å². The molecule has 30 heavy (non-hydrogen) atoms. The number of esters is 1. The molecule has 1 saturated heterocycles. The number of ether oxygens (including phenoxy) is 1. The summed E-state index contributed by atoms with van der Waals surface area (Å²) in [7, 11) is 0. The Morgan fingerprint density at radius 1 is 1.03 bits per heavy atom. The van der Waals surface area contributed by atoms with Crippen molar-refractivity contribution in [1.82, 2.24) is 14.9 Å². The van der Waals surface area contributed by atoms with Gasteiger partial charge in [-0.3, -0.25) is 9.59 Å². The van der Waals surface area contributed by atoms with E-state index in [2.05, 4.69) is 9.97 Å². The van der Waals surface area contributed by atoms with Gasteiger partial charge in [0.1, 0.15) is 12.4 Å². The van der Waals surface area contributed by atoms with E-state index >= 15 is 0 Å². The maximum Gasteiger partial charge on any atom is 0.309 e.